The van der Waals surface area contributed by atoms with Gasteiger partial charge in [0.15, 0.2) is 5.43 Å². The maximum absolute atomic E-state index is 11.8. The van der Waals surface area contributed by atoms with E-state index in [1.54, 1.807) is 18.2 Å². The fraction of sp³-hybridized carbons (Fsp3) is 0.231. The minimum absolute atomic E-state index is 0. The molecule has 2 aromatic rings. The Labute approximate surface area is 142 Å². The number of carboxylic acid groups (broad SMARTS) is 1. The Bertz CT molecular complexity index is 688. The number of fused-ring (bicyclic) bond motifs is 1. The van der Waals surface area contributed by atoms with Crippen LogP contribution in [0.15, 0.2) is 33.5 Å². The van der Waals surface area contributed by atoms with E-state index in [4.69, 9.17) is 26.2 Å². The van der Waals surface area contributed by atoms with Gasteiger partial charge in [0.1, 0.15) is 5.58 Å². The molecule has 2 rings (SSSR count). The minimum Gasteiger partial charge on any atom is -1.00 e. The van der Waals surface area contributed by atoms with Gasteiger partial charge in [0.2, 0.25) is 5.76 Å². The van der Waals surface area contributed by atoms with Crippen LogP contribution in [0, 0.1) is 0 Å². The third-order valence-corrected chi connectivity index (χ3v) is 2.98. The normalized spacial score (nSPS) is 11.9. The number of carbonyl (C=O) groups is 1. The van der Waals surface area contributed by atoms with Crippen LogP contribution in [0.5, 0.6) is 0 Å². The van der Waals surface area contributed by atoms with Gasteiger partial charge in [0, 0.05) is 6.07 Å². The molecular formula is C13H12ClNaO5. The topological polar surface area (TPSA) is 87.7 Å². The molecular weight excluding hydrogens is 295 g/mol. The van der Waals surface area contributed by atoms with Gasteiger partial charge in [-0.15, -0.1) is 11.6 Å². The Kier molecular flexibility index (Phi) is 6.23. The van der Waals surface area contributed by atoms with E-state index in [0.717, 1.165) is 6.07 Å². The predicted octanol–water partition coefficient (Wildman–Crippen LogP) is -1.25. The van der Waals surface area contributed by atoms with Gasteiger partial charge in [-0.1, -0.05) is 12.1 Å². The Morgan fingerprint density at radius 2 is 2.15 bits per heavy atom. The molecule has 0 radical (unpaired) electrons. The van der Waals surface area contributed by atoms with Crippen LogP contribution in [-0.4, -0.2) is 28.2 Å². The van der Waals surface area contributed by atoms with Crippen LogP contribution >= 0.6 is 11.6 Å². The summed E-state index contributed by atoms with van der Waals surface area (Å²) in [7, 11) is 0. The molecule has 2 N–H and O–H groups in total. The third-order valence-electron chi connectivity index (χ3n) is 2.69. The number of benzene rings is 1. The average Bonchev–Trinajstić information content (AvgIpc) is 2.39. The Morgan fingerprint density at radius 3 is 2.75 bits per heavy atom. The maximum atomic E-state index is 11.8. The molecule has 0 fully saturated rings. The first-order chi connectivity index (χ1) is 9.02. The summed E-state index contributed by atoms with van der Waals surface area (Å²) < 4.78 is 5.24. The zero-order valence-corrected chi connectivity index (χ0v) is 13.6. The Balaban J connectivity index is 0.00000200. The molecule has 0 bridgehead atoms. The standard InChI is InChI=1S/C13H11ClO5.Na.H/c14-8(6-15)4-7-2-1-3-9-10(16)5-11(13(17)18)19-12(7)9;;/h1-3,5,8,15H,4,6H2,(H,17,18);;/q;+1;-1. The van der Waals surface area contributed by atoms with Crippen molar-refractivity contribution in [3.63, 3.8) is 0 Å². The van der Waals surface area contributed by atoms with Gasteiger partial charge in [-0.05, 0) is 18.1 Å². The van der Waals surface area contributed by atoms with E-state index in [9.17, 15) is 9.59 Å². The molecule has 7 heteroatoms. The van der Waals surface area contributed by atoms with Crippen molar-refractivity contribution in [1.82, 2.24) is 0 Å². The van der Waals surface area contributed by atoms with E-state index in [2.05, 4.69) is 0 Å². The summed E-state index contributed by atoms with van der Waals surface area (Å²) >= 11 is 5.86. The second-order valence-electron chi connectivity index (χ2n) is 4.06. The summed E-state index contributed by atoms with van der Waals surface area (Å²) in [5, 5.41) is 17.6. The average molecular weight is 307 g/mol. The van der Waals surface area contributed by atoms with Crippen molar-refractivity contribution in [3.8, 4) is 0 Å². The molecule has 0 saturated heterocycles. The molecule has 1 atom stereocenters. The van der Waals surface area contributed by atoms with Crippen LogP contribution in [-0.2, 0) is 6.42 Å². The second kappa shape index (κ2) is 7.24. The molecule has 0 spiro atoms. The number of aliphatic hydroxyl groups is 1. The number of rotatable bonds is 4. The summed E-state index contributed by atoms with van der Waals surface area (Å²) in [6.07, 6.45) is 0.279. The number of hydrogen-bond donors (Lipinski definition) is 2. The van der Waals surface area contributed by atoms with Crippen LogP contribution in [0.25, 0.3) is 11.0 Å². The third kappa shape index (κ3) is 3.62. The molecule has 1 unspecified atom stereocenters. The van der Waals surface area contributed by atoms with Crippen molar-refractivity contribution >= 4 is 28.5 Å². The first-order valence-electron chi connectivity index (χ1n) is 5.57. The summed E-state index contributed by atoms with van der Waals surface area (Å²) in [6.45, 7) is -0.221. The predicted molar refractivity (Wildman–Crippen MR) is 71.0 cm³/mol. The molecule has 1 aromatic carbocycles. The molecule has 0 aliphatic heterocycles. The number of alkyl halides is 1. The summed E-state index contributed by atoms with van der Waals surface area (Å²) in [6, 6.07) is 5.84. The zero-order chi connectivity index (χ0) is 14.0. The SMILES string of the molecule is O=C(O)c1cc(=O)c2cccc(CC(Cl)CO)c2o1.[H-].[Na+]. The van der Waals surface area contributed by atoms with Crippen LogP contribution in [0.3, 0.4) is 0 Å². The number of para-hydroxylation sites is 1. The van der Waals surface area contributed by atoms with Gasteiger partial charge in [-0.2, -0.15) is 0 Å². The quantitative estimate of drug-likeness (QED) is 0.544. The summed E-state index contributed by atoms with van der Waals surface area (Å²) in [5.41, 5.74) is 0.369. The van der Waals surface area contributed by atoms with E-state index in [1.807, 2.05) is 0 Å². The Hall–Kier alpha value is -0.850. The second-order valence-corrected chi connectivity index (χ2v) is 4.68. The van der Waals surface area contributed by atoms with Crippen LogP contribution in [0.1, 0.15) is 17.5 Å². The smallest absolute Gasteiger partial charge is 1.00 e. The molecule has 102 valence electrons. The first kappa shape index (κ1) is 17.2. The number of carboxylic acids is 1. The van der Waals surface area contributed by atoms with Gasteiger partial charge in [-0.3, -0.25) is 4.79 Å². The molecule has 0 saturated carbocycles. The van der Waals surface area contributed by atoms with Gasteiger partial charge in [-0.25, -0.2) is 4.79 Å². The maximum Gasteiger partial charge on any atom is 1.00 e. The van der Waals surface area contributed by atoms with Gasteiger partial charge in [0.05, 0.1) is 17.4 Å². The zero-order valence-electron chi connectivity index (χ0n) is 11.8. The fourth-order valence-electron chi connectivity index (χ4n) is 1.80. The number of hydrogen-bond acceptors (Lipinski definition) is 4. The van der Waals surface area contributed by atoms with Gasteiger partial charge in [0.25, 0.3) is 0 Å². The number of aromatic carboxylic acids is 1. The largest absolute Gasteiger partial charge is 1.00 e. The van der Waals surface area contributed by atoms with Crippen molar-refractivity contribution in [2.24, 2.45) is 0 Å². The molecule has 1 aromatic heterocycles. The summed E-state index contributed by atoms with van der Waals surface area (Å²) in [5.74, 6) is -1.72. The van der Waals surface area contributed by atoms with Crippen LogP contribution in [0.2, 0.25) is 0 Å². The van der Waals surface area contributed by atoms with E-state index in [1.165, 1.54) is 0 Å². The van der Waals surface area contributed by atoms with E-state index in [0.29, 0.717) is 10.9 Å². The van der Waals surface area contributed by atoms with Crippen molar-refractivity contribution in [1.29, 1.82) is 0 Å². The number of halogens is 1. The van der Waals surface area contributed by atoms with Crippen LogP contribution < -0.4 is 35.0 Å². The minimum atomic E-state index is -1.31. The fourth-order valence-corrected chi connectivity index (χ4v) is 1.97. The Morgan fingerprint density at radius 1 is 1.45 bits per heavy atom. The molecule has 5 nitrogen and oxygen atoms in total. The molecule has 20 heavy (non-hydrogen) atoms. The number of aliphatic hydroxyl groups excluding tert-OH is 1. The molecule has 0 aliphatic carbocycles. The first-order valence-corrected chi connectivity index (χ1v) is 6.00. The van der Waals surface area contributed by atoms with Crippen molar-refractivity contribution in [2.45, 2.75) is 11.8 Å². The molecule has 0 aliphatic rings. The van der Waals surface area contributed by atoms with Crippen LogP contribution in [0.4, 0.5) is 0 Å². The van der Waals surface area contributed by atoms with Gasteiger partial charge < -0.3 is 16.1 Å². The van der Waals surface area contributed by atoms with E-state index < -0.39 is 22.5 Å². The molecule has 1 heterocycles. The molecule has 0 amide bonds. The van der Waals surface area contributed by atoms with E-state index in [-0.39, 0.29) is 49.6 Å². The van der Waals surface area contributed by atoms with Crippen molar-refractivity contribution in [2.75, 3.05) is 6.61 Å². The van der Waals surface area contributed by atoms with Gasteiger partial charge >= 0.3 is 35.5 Å². The monoisotopic (exact) mass is 306 g/mol. The van der Waals surface area contributed by atoms with Crippen molar-refractivity contribution in [3.05, 3.63) is 45.8 Å². The summed E-state index contributed by atoms with van der Waals surface area (Å²) in [4.78, 5) is 22.7. The van der Waals surface area contributed by atoms with Crippen molar-refractivity contribution < 1.29 is 50.4 Å². The van der Waals surface area contributed by atoms with E-state index >= 15 is 0 Å².